The average Bonchev–Trinajstić information content (AvgIpc) is 2.95. The molecule has 1 amide bonds. The van der Waals surface area contributed by atoms with Crippen LogP contribution >= 0.6 is 24.0 Å². The van der Waals surface area contributed by atoms with Gasteiger partial charge in [-0.2, -0.15) is 13.2 Å². The minimum Gasteiger partial charge on any atom is -0.481 e. The quantitative estimate of drug-likeness (QED) is 0.468. The number of amides is 1. The Balaban J connectivity index is 1.86. The van der Waals surface area contributed by atoms with Gasteiger partial charge in [0.2, 0.25) is 0 Å². The van der Waals surface area contributed by atoms with Crippen LogP contribution in [0.5, 0.6) is 0 Å². The fraction of sp³-hybridized carbons (Fsp3) is 0.190. The van der Waals surface area contributed by atoms with Gasteiger partial charge in [0.15, 0.2) is 0 Å². The molecule has 1 fully saturated rings. The lowest BCUT2D eigenvalue weighted by molar-refractivity contribution is -0.138. The number of hydrogen-bond acceptors (Lipinski definition) is 4. The molecule has 1 aliphatic heterocycles. The lowest BCUT2D eigenvalue weighted by Crippen LogP contribution is -2.29. The van der Waals surface area contributed by atoms with Crippen LogP contribution in [0.1, 0.15) is 24.0 Å². The monoisotopic (exact) mass is 451 g/mol. The molecule has 1 saturated heterocycles. The third-order valence-corrected chi connectivity index (χ3v) is 5.79. The largest absolute Gasteiger partial charge is 0.481 e. The molecule has 0 aliphatic carbocycles. The first-order valence-electron chi connectivity index (χ1n) is 8.90. The topological polar surface area (TPSA) is 57.6 Å². The van der Waals surface area contributed by atoms with Crippen LogP contribution in [0.25, 0.3) is 17.2 Å². The molecule has 0 radical (unpaired) electrons. The Kier molecular flexibility index (Phi) is 6.62. The average molecular weight is 451 g/mol. The van der Waals surface area contributed by atoms with E-state index >= 15 is 0 Å². The molecule has 4 nitrogen and oxygen atoms in total. The van der Waals surface area contributed by atoms with Crippen LogP contribution in [0, 0.1) is 0 Å². The summed E-state index contributed by atoms with van der Waals surface area (Å²) in [5, 5.41) is 8.75. The van der Waals surface area contributed by atoms with E-state index in [-0.39, 0.29) is 25.3 Å². The molecule has 0 spiro atoms. The molecule has 3 rings (SSSR count). The van der Waals surface area contributed by atoms with Crippen molar-refractivity contribution in [3.8, 4) is 11.1 Å². The molecule has 0 saturated carbocycles. The van der Waals surface area contributed by atoms with Gasteiger partial charge in [0.25, 0.3) is 5.91 Å². The predicted molar refractivity (Wildman–Crippen MR) is 114 cm³/mol. The lowest BCUT2D eigenvalue weighted by atomic mass is 9.98. The van der Waals surface area contributed by atoms with E-state index in [1.54, 1.807) is 30.3 Å². The predicted octanol–water partition coefficient (Wildman–Crippen LogP) is 5.44. The van der Waals surface area contributed by atoms with Crippen molar-refractivity contribution >= 4 is 46.3 Å². The van der Waals surface area contributed by atoms with Crippen LogP contribution in [0.4, 0.5) is 13.2 Å². The molecule has 0 unspecified atom stereocenters. The summed E-state index contributed by atoms with van der Waals surface area (Å²) in [6.45, 7) is 0.217. The molecule has 0 atom stereocenters. The van der Waals surface area contributed by atoms with E-state index in [0.29, 0.717) is 25.9 Å². The third-order valence-electron chi connectivity index (χ3n) is 4.42. The molecule has 0 aromatic heterocycles. The molecule has 156 valence electrons. The SMILES string of the molecule is O=C(O)CCCN1C(=O)/C(=C/c2ccccc2-c2ccc(C(F)(F)F)cc2)SC1=S. The van der Waals surface area contributed by atoms with Gasteiger partial charge in [0, 0.05) is 13.0 Å². The number of carboxylic acids is 1. The van der Waals surface area contributed by atoms with E-state index in [2.05, 4.69) is 0 Å². The van der Waals surface area contributed by atoms with Crippen molar-refractivity contribution in [2.45, 2.75) is 19.0 Å². The Morgan fingerprint density at radius 2 is 1.80 bits per heavy atom. The fourth-order valence-corrected chi connectivity index (χ4v) is 4.25. The second-order valence-electron chi connectivity index (χ2n) is 6.49. The summed E-state index contributed by atoms with van der Waals surface area (Å²) >= 11 is 6.36. The molecule has 0 bridgehead atoms. The third kappa shape index (κ3) is 5.09. The molecule has 9 heteroatoms. The van der Waals surface area contributed by atoms with Gasteiger partial charge >= 0.3 is 12.1 Å². The number of carboxylic acid groups (broad SMARTS) is 1. The summed E-state index contributed by atoms with van der Waals surface area (Å²) < 4.78 is 38.8. The van der Waals surface area contributed by atoms with Gasteiger partial charge in [-0.05, 0) is 41.3 Å². The number of halogens is 3. The minimum atomic E-state index is -4.41. The smallest absolute Gasteiger partial charge is 0.416 e. The molecule has 1 N–H and O–H groups in total. The summed E-state index contributed by atoms with van der Waals surface area (Å²) in [6, 6.07) is 11.9. The highest BCUT2D eigenvalue weighted by Crippen LogP contribution is 2.36. The highest BCUT2D eigenvalue weighted by Gasteiger charge is 2.32. The van der Waals surface area contributed by atoms with Crippen molar-refractivity contribution in [3.05, 3.63) is 64.6 Å². The first-order valence-corrected chi connectivity index (χ1v) is 10.1. The number of benzene rings is 2. The van der Waals surface area contributed by atoms with Crippen LogP contribution in [0.3, 0.4) is 0 Å². The van der Waals surface area contributed by atoms with Crippen LogP contribution in [0.15, 0.2) is 53.4 Å². The van der Waals surface area contributed by atoms with Crippen molar-refractivity contribution < 1.29 is 27.9 Å². The van der Waals surface area contributed by atoms with E-state index < -0.39 is 17.7 Å². The molecule has 1 heterocycles. The highest BCUT2D eigenvalue weighted by atomic mass is 32.2. The maximum absolute atomic E-state index is 12.8. The summed E-state index contributed by atoms with van der Waals surface area (Å²) in [6.07, 6.45) is -2.53. The maximum atomic E-state index is 12.8. The number of carbonyl (C=O) groups excluding carboxylic acids is 1. The Morgan fingerprint density at radius 1 is 1.13 bits per heavy atom. The number of rotatable bonds is 6. The second kappa shape index (κ2) is 9.01. The number of aliphatic carboxylic acids is 1. The highest BCUT2D eigenvalue weighted by molar-refractivity contribution is 8.26. The Labute approximate surface area is 180 Å². The number of thioether (sulfide) groups is 1. The molecule has 2 aromatic carbocycles. The van der Waals surface area contributed by atoms with Crippen LogP contribution in [-0.4, -0.2) is 32.7 Å². The van der Waals surface area contributed by atoms with Gasteiger partial charge in [0.1, 0.15) is 4.32 Å². The van der Waals surface area contributed by atoms with Crippen molar-refractivity contribution in [2.75, 3.05) is 6.54 Å². The van der Waals surface area contributed by atoms with Gasteiger partial charge in [-0.1, -0.05) is 60.4 Å². The Hall–Kier alpha value is -2.65. The van der Waals surface area contributed by atoms with Gasteiger partial charge in [-0.15, -0.1) is 0 Å². The summed E-state index contributed by atoms with van der Waals surface area (Å²) in [5.41, 5.74) is 1.21. The lowest BCUT2D eigenvalue weighted by Gasteiger charge is -2.13. The van der Waals surface area contributed by atoms with E-state index in [9.17, 15) is 22.8 Å². The van der Waals surface area contributed by atoms with Gasteiger partial charge in [-0.25, -0.2) is 0 Å². The van der Waals surface area contributed by atoms with Gasteiger partial charge in [0.05, 0.1) is 10.5 Å². The minimum absolute atomic E-state index is 0.0626. The zero-order chi connectivity index (χ0) is 21.9. The van der Waals surface area contributed by atoms with Crippen LogP contribution in [0.2, 0.25) is 0 Å². The number of alkyl halides is 3. The second-order valence-corrected chi connectivity index (χ2v) is 8.17. The number of carbonyl (C=O) groups is 2. The van der Waals surface area contributed by atoms with E-state index in [4.69, 9.17) is 17.3 Å². The summed E-state index contributed by atoms with van der Waals surface area (Å²) in [7, 11) is 0. The van der Waals surface area contributed by atoms with E-state index in [1.807, 2.05) is 0 Å². The molecular formula is C21H16F3NO3S2. The van der Waals surface area contributed by atoms with E-state index in [0.717, 1.165) is 23.9 Å². The fourth-order valence-electron chi connectivity index (χ4n) is 2.95. The Morgan fingerprint density at radius 3 is 2.43 bits per heavy atom. The van der Waals surface area contributed by atoms with Crippen LogP contribution < -0.4 is 0 Å². The van der Waals surface area contributed by atoms with Crippen LogP contribution in [-0.2, 0) is 15.8 Å². The van der Waals surface area contributed by atoms with Crippen molar-refractivity contribution in [1.82, 2.24) is 4.90 Å². The first kappa shape index (κ1) is 22.0. The zero-order valence-corrected chi connectivity index (χ0v) is 17.1. The van der Waals surface area contributed by atoms with Gasteiger partial charge in [-0.3, -0.25) is 14.5 Å². The molecule has 2 aromatic rings. The molecule has 30 heavy (non-hydrogen) atoms. The summed E-state index contributed by atoms with van der Waals surface area (Å²) in [5.74, 6) is -1.25. The van der Waals surface area contributed by atoms with Crippen molar-refractivity contribution in [1.29, 1.82) is 0 Å². The molecule has 1 aliphatic rings. The first-order chi connectivity index (χ1) is 14.2. The number of thiocarbonyl (C=S) groups is 1. The zero-order valence-electron chi connectivity index (χ0n) is 15.5. The van der Waals surface area contributed by atoms with Gasteiger partial charge < -0.3 is 5.11 Å². The standard InChI is InChI=1S/C21H16F3NO3S2/c22-21(23,24)15-9-7-13(8-10-15)16-5-2-1-4-14(16)12-17-19(28)25(20(29)30-17)11-3-6-18(26)27/h1-2,4-5,7-10,12H,3,6,11H2,(H,26,27)/b17-12-. The Bertz CT molecular complexity index is 1020. The number of nitrogens with zero attached hydrogens (tertiary/aromatic N) is 1. The summed E-state index contributed by atoms with van der Waals surface area (Å²) in [4.78, 5) is 25.1. The maximum Gasteiger partial charge on any atom is 0.416 e. The normalized spacial score (nSPS) is 15.8. The van der Waals surface area contributed by atoms with Crippen molar-refractivity contribution in [2.24, 2.45) is 0 Å². The number of hydrogen-bond donors (Lipinski definition) is 1. The van der Waals surface area contributed by atoms with E-state index in [1.165, 1.54) is 17.0 Å². The van der Waals surface area contributed by atoms with Crippen molar-refractivity contribution in [3.63, 3.8) is 0 Å². The molecular weight excluding hydrogens is 435 g/mol.